The average molecular weight is 307 g/mol. The third kappa shape index (κ3) is 2.74. The molecule has 1 aliphatic rings. The molecule has 0 saturated carbocycles. The second kappa shape index (κ2) is 5.91. The summed E-state index contributed by atoms with van der Waals surface area (Å²) in [4.78, 5) is 6.93. The van der Waals surface area contributed by atoms with Crippen LogP contribution in [0.5, 0.6) is 0 Å². The molecule has 1 saturated heterocycles. The smallest absolute Gasteiger partial charge is 0.137 e. The molecule has 5 heteroatoms. The van der Waals surface area contributed by atoms with Crippen LogP contribution in [0.1, 0.15) is 24.1 Å². The van der Waals surface area contributed by atoms with Crippen molar-refractivity contribution in [1.82, 2.24) is 15.2 Å². The summed E-state index contributed by atoms with van der Waals surface area (Å²) in [6.07, 6.45) is 4.41. The van der Waals surface area contributed by atoms with E-state index in [1.807, 2.05) is 19.2 Å². The quantitative estimate of drug-likeness (QED) is 0.775. The van der Waals surface area contributed by atoms with Gasteiger partial charge in [0.25, 0.3) is 0 Å². The van der Waals surface area contributed by atoms with Gasteiger partial charge in [-0.3, -0.25) is 5.10 Å². The largest absolute Gasteiger partial charge is 0.372 e. The molecule has 2 aromatic heterocycles. The number of aromatic amines is 1. The molecular weight excluding hydrogens is 286 g/mol. The zero-order chi connectivity index (χ0) is 15.6. The first-order valence-corrected chi connectivity index (χ1v) is 8.19. The summed E-state index contributed by atoms with van der Waals surface area (Å²) in [5.41, 5.74) is 4.59. The van der Waals surface area contributed by atoms with E-state index in [4.69, 9.17) is 0 Å². The Morgan fingerprint density at radius 3 is 2.96 bits per heavy atom. The van der Waals surface area contributed by atoms with Crippen LogP contribution in [-0.4, -0.2) is 28.3 Å². The van der Waals surface area contributed by atoms with Gasteiger partial charge in [0.05, 0.1) is 16.6 Å². The number of anilines is 2. The van der Waals surface area contributed by atoms with Crippen molar-refractivity contribution in [2.75, 3.05) is 23.3 Å². The summed E-state index contributed by atoms with van der Waals surface area (Å²) < 4.78 is 0. The number of fused-ring (bicyclic) bond motifs is 1. The van der Waals surface area contributed by atoms with Gasteiger partial charge in [0, 0.05) is 31.5 Å². The molecule has 1 aromatic carbocycles. The van der Waals surface area contributed by atoms with Gasteiger partial charge in [-0.25, -0.2) is 4.98 Å². The van der Waals surface area contributed by atoms with Crippen LogP contribution in [0.3, 0.4) is 0 Å². The van der Waals surface area contributed by atoms with Crippen molar-refractivity contribution in [3.8, 4) is 0 Å². The first-order chi connectivity index (χ1) is 11.3. The third-order valence-corrected chi connectivity index (χ3v) is 4.50. The first kappa shape index (κ1) is 14.1. The number of hydrogen-bond donors (Lipinski definition) is 2. The summed E-state index contributed by atoms with van der Waals surface area (Å²) in [5.74, 6) is 0.889. The van der Waals surface area contributed by atoms with Gasteiger partial charge in [-0.2, -0.15) is 5.10 Å². The molecule has 0 amide bonds. The minimum Gasteiger partial charge on any atom is -0.372 e. The van der Waals surface area contributed by atoms with E-state index in [2.05, 4.69) is 49.7 Å². The SMILES string of the molecule is Cc1n[nH]c2ccnc(NCc3cccc(N4CCCC4)c3)c12. The lowest BCUT2D eigenvalue weighted by Crippen LogP contribution is -2.17. The fraction of sp³-hybridized carbons (Fsp3) is 0.333. The molecule has 0 aliphatic carbocycles. The Morgan fingerprint density at radius 2 is 2.09 bits per heavy atom. The van der Waals surface area contributed by atoms with Gasteiger partial charge in [-0.15, -0.1) is 0 Å². The molecule has 2 N–H and O–H groups in total. The van der Waals surface area contributed by atoms with E-state index < -0.39 is 0 Å². The van der Waals surface area contributed by atoms with Crippen LogP contribution in [0.25, 0.3) is 10.9 Å². The Bertz CT molecular complexity index is 817. The number of hydrogen-bond acceptors (Lipinski definition) is 4. The number of benzene rings is 1. The third-order valence-electron chi connectivity index (χ3n) is 4.50. The van der Waals surface area contributed by atoms with Crippen molar-refractivity contribution in [1.29, 1.82) is 0 Å². The molecule has 0 unspecified atom stereocenters. The van der Waals surface area contributed by atoms with Crippen LogP contribution in [0.2, 0.25) is 0 Å². The predicted octanol–water partition coefficient (Wildman–Crippen LogP) is 3.48. The maximum atomic E-state index is 4.47. The van der Waals surface area contributed by atoms with Crippen LogP contribution >= 0.6 is 0 Å². The average Bonchev–Trinajstić information content (AvgIpc) is 3.24. The van der Waals surface area contributed by atoms with Crippen molar-refractivity contribution < 1.29 is 0 Å². The number of rotatable bonds is 4. The van der Waals surface area contributed by atoms with Crippen molar-refractivity contribution in [3.05, 3.63) is 47.8 Å². The zero-order valence-corrected chi connectivity index (χ0v) is 13.3. The summed E-state index contributed by atoms with van der Waals surface area (Å²) in [6.45, 7) is 5.11. The van der Waals surface area contributed by atoms with E-state index in [0.717, 1.165) is 29.0 Å². The van der Waals surface area contributed by atoms with E-state index in [1.54, 1.807) is 0 Å². The first-order valence-electron chi connectivity index (χ1n) is 8.19. The summed E-state index contributed by atoms with van der Waals surface area (Å²) in [7, 11) is 0. The van der Waals surface area contributed by atoms with E-state index in [1.165, 1.54) is 37.2 Å². The van der Waals surface area contributed by atoms with Crippen molar-refractivity contribution in [2.24, 2.45) is 0 Å². The number of pyridine rings is 1. The molecule has 5 nitrogen and oxygen atoms in total. The van der Waals surface area contributed by atoms with Gasteiger partial charge < -0.3 is 10.2 Å². The van der Waals surface area contributed by atoms with Crippen LogP contribution in [0, 0.1) is 6.92 Å². The molecule has 1 aliphatic heterocycles. The Morgan fingerprint density at radius 1 is 1.22 bits per heavy atom. The normalized spacial score (nSPS) is 14.6. The molecule has 118 valence electrons. The number of nitrogens with zero attached hydrogens (tertiary/aromatic N) is 3. The highest BCUT2D eigenvalue weighted by molar-refractivity contribution is 5.91. The van der Waals surface area contributed by atoms with Gasteiger partial charge in [0.15, 0.2) is 0 Å². The highest BCUT2D eigenvalue weighted by Crippen LogP contribution is 2.24. The van der Waals surface area contributed by atoms with Gasteiger partial charge in [-0.1, -0.05) is 12.1 Å². The molecule has 0 atom stereocenters. The standard InChI is InChI=1S/C18H21N5/c1-13-17-16(22-21-13)7-8-19-18(17)20-12-14-5-4-6-15(11-14)23-9-2-3-10-23/h4-8,11H,2-3,9-10,12H2,1H3,(H,19,20)(H,21,22). The second-order valence-corrected chi connectivity index (χ2v) is 6.11. The Labute approximate surface area is 135 Å². The van der Waals surface area contributed by atoms with Crippen LogP contribution in [-0.2, 0) is 6.54 Å². The summed E-state index contributed by atoms with van der Waals surface area (Å²) >= 11 is 0. The Hall–Kier alpha value is -2.56. The molecule has 3 aromatic rings. The monoisotopic (exact) mass is 307 g/mol. The van der Waals surface area contributed by atoms with Crippen LogP contribution < -0.4 is 10.2 Å². The topological polar surface area (TPSA) is 56.8 Å². The molecule has 0 bridgehead atoms. The lowest BCUT2D eigenvalue weighted by molar-refractivity contribution is 0.949. The zero-order valence-electron chi connectivity index (χ0n) is 13.3. The van der Waals surface area contributed by atoms with Crippen molar-refractivity contribution in [3.63, 3.8) is 0 Å². The predicted molar refractivity (Wildman–Crippen MR) is 93.8 cm³/mol. The maximum Gasteiger partial charge on any atom is 0.137 e. The summed E-state index contributed by atoms with van der Waals surface area (Å²) in [5, 5.41) is 11.8. The molecule has 1 fully saturated rings. The van der Waals surface area contributed by atoms with Crippen LogP contribution in [0.4, 0.5) is 11.5 Å². The van der Waals surface area contributed by atoms with E-state index >= 15 is 0 Å². The van der Waals surface area contributed by atoms with E-state index in [-0.39, 0.29) is 0 Å². The minimum absolute atomic E-state index is 0.762. The number of nitrogens with one attached hydrogen (secondary N) is 2. The molecule has 0 spiro atoms. The van der Waals surface area contributed by atoms with Crippen LogP contribution in [0.15, 0.2) is 36.5 Å². The lowest BCUT2D eigenvalue weighted by Gasteiger charge is -2.18. The second-order valence-electron chi connectivity index (χ2n) is 6.11. The van der Waals surface area contributed by atoms with Gasteiger partial charge in [0.2, 0.25) is 0 Å². The Balaban J connectivity index is 1.54. The van der Waals surface area contributed by atoms with E-state index in [0.29, 0.717) is 0 Å². The molecule has 3 heterocycles. The number of H-pyrrole nitrogens is 1. The molecular formula is C18H21N5. The van der Waals surface area contributed by atoms with Gasteiger partial charge in [-0.05, 0) is 43.5 Å². The van der Waals surface area contributed by atoms with Gasteiger partial charge in [0.1, 0.15) is 5.82 Å². The van der Waals surface area contributed by atoms with Gasteiger partial charge >= 0.3 is 0 Å². The Kier molecular flexibility index (Phi) is 3.61. The lowest BCUT2D eigenvalue weighted by atomic mass is 10.2. The van der Waals surface area contributed by atoms with Crippen molar-refractivity contribution >= 4 is 22.4 Å². The number of aryl methyl sites for hydroxylation is 1. The fourth-order valence-corrected chi connectivity index (χ4v) is 3.28. The highest BCUT2D eigenvalue weighted by atomic mass is 15.1. The molecule has 4 rings (SSSR count). The summed E-state index contributed by atoms with van der Waals surface area (Å²) in [6, 6.07) is 10.7. The maximum absolute atomic E-state index is 4.47. The molecule has 0 radical (unpaired) electrons. The highest BCUT2D eigenvalue weighted by Gasteiger charge is 2.12. The number of aromatic nitrogens is 3. The molecule has 23 heavy (non-hydrogen) atoms. The van der Waals surface area contributed by atoms with E-state index in [9.17, 15) is 0 Å². The van der Waals surface area contributed by atoms with Crippen molar-refractivity contribution in [2.45, 2.75) is 26.3 Å². The fourth-order valence-electron chi connectivity index (χ4n) is 3.28. The minimum atomic E-state index is 0.762.